The molecule has 2 rings (SSSR count). The van der Waals surface area contributed by atoms with Gasteiger partial charge in [-0.15, -0.1) is 0 Å². The van der Waals surface area contributed by atoms with Gasteiger partial charge in [-0.2, -0.15) is 0 Å². The Morgan fingerprint density at radius 1 is 1.39 bits per heavy atom. The first-order chi connectivity index (χ1) is 8.40. The maximum Gasteiger partial charge on any atom is 0.227 e. The van der Waals surface area contributed by atoms with Crippen LogP contribution in [-0.4, -0.2) is 17.7 Å². The molecule has 96 valence electrons. The van der Waals surface area contributed by atoms with Crippen LogP contribution in [0.1, 0.15) is 17.5 Å². The van der Waals surface area contributed by atoms with Crippen molar-refractivity contribution in [2.24, 2.45) is 5.92 Å². The van der Waals surface area contributed by atoms with Gasteiger partial charge in [0.25, 0.3) is 0 Å². The summed E-state index contributed by atoms with van der Waals surface area (Å²) in [6.45, 7) is 4.30. The zero-order valence-corrected chi connectivity index (χ0v) is 12.5. The zero-order chi connectivity index (χ0) is 13.4. The van der Waals surface area contributed by atoms with Gasteiger partial charge in [-0.25, -0.2) is 0 Å². The minimum atomic E-state index is -0.433. The fourth-order valence-corrected chi connectivity index (χ4v) is 2.75. The highest BCUT2D eigenvalue weighted by molar-refractivity contribution is 9.10. The van der Waals surface area contributed by atoms with Crippen molar-refractivity contribution in [1.82, 2.24) is 0 Å². The Morgan fingerprint density at radius 3 is 2.61 bits per heavy atom. The number of halogens is 2. The molecule has 0 N–H and O–H groups in total. The van der Waals surface area contributed by atoms with Gasteiger partial charge in [0.05, 0.1) is 5.92 Å². The van der Waals surface area contributed by atoms with Crippen LogP contribution in [0.2, 0.25) is 0 Å². The van der Waals surface area contributed by atoms with Crippen molar-refractivity contribution < 1.29 is 9.59 Å². The number of hydrogen-bond donors (Lipinski definition) is 0. The average molecular weight is 331 g/mol. The molecule has 0 aromatic heterocycles. The second-order valence-corrected chi connectivity index (χ2v) is 5.82. The summed E-state index contributed by atoms with van der Waals surface area (Å²) in [4.78, 5) is 24.7. The Morgan fingerprint density at radius 2 is 2.06 bits per heavy atom. The van der Waals surface area contributed by atoms with Crippen LogP contribution in [0.5, 0.6) is 0 Å². The second kappa shape index (κ2) is 5.02. The average Bonchev–Trinajstić information content (AvgIpc) is 2.66. The van der Waals surface area contributed by atoms with Crippen LogP contribution < -0.4 is 4.90 Å². The van der Waals surface area contributed by atoms with Crippen molar-refractivity contribution >= 4 is 44.4 Å². The van der Waals surface area contributed by atoms with Crippen molar-refractivity contribution in [1.29, 1.82) is 0 Å². The first-order valence-corrected chi connectivity index (χ1v) is 6.83. The van der Waals surface area contributed by atoms with Gasteiger partial charge in [0.15, 0.2) is 0 Å². The summed E-state index contributed by atoms with van der Waals surface area (Å²) < 4.78 is 1.01. The molecule has 1 saturated heterocycles. The quantitative estimate of drug-likeness (QED) is 0.781. The summed E-state index contributed by atoms with van der Waals surface area (Å²) in [7, 11) is 0. The van der Waals surface area contributed by atoms with Crippen LogP contribution in [0.25, 0.3) is 0 Å². The van der Waals surface area contributed by atoms with E-state index in [0.29, 0.717) is 6.54 Å². The lowest BCUT2D eigenvalue weighted by Crippen LogP contribution is -2.26. The molecule has 0 spiro atoms. The van der Waals surface area contributed by atoms with Crippen LogP contribution in [0, 0.1) is 19.8 Å². The molecule has 1 aromatic rings. The van der Waals surface area contributed by atoms with E-state index in [1.807, 2.05) is 26.0 Å². The maximum absolute atomic E-state index is 11.9. The van der Waals surface area contributed by atoms with Gasteiger partial charge in [-0.3, -0.25) is 9.59 Å². The highest BCUT2D eigenvalue weighted by Gasteiger charge is 2.34. The Kier molecular flexibility index (Phi) is 3.78. The Labute approximate surface area is 119 Å². The third-order valence-electron chi connectivity index (χ3n) is 3.21. The van der Waals surface area contributed by atoms with E-state index in [1.54, 1.807) is 4.90 Å². The molecule has 18 heavy (non-hydrogen) atoms. The molecule has 1 aliphatic rings. The largest absolute Gasteiger partial charge is 0.311 e. The van der Waals surface area contributed by atoms with Gasteiger partial charge < -0.3 is 4.90 Å². The Hall–Kier alpha value is -0.870. The summed E-state index contributed by atoms with van der Waals surface area (Å²) in [6.07, 6.45) is 0.205. The van der Waals surface area contributed by atoms with E-state index in [0.717, 1.165) is 21.3 Å². The number of hydrogen-bond acceptors (Lipinski definition) is 2. The normalized spacial score (nSPS) is 19.4. The summed E-state index contributed by atoms with van der Waals surface area (Å²) in [5.74, 6) is -0.429. The molecule has 0 unspecified atom stereocenters. The minimum absolute atomic E-state index is 0.0428. The van der Waals surface area contributed by atoms with Crippen LogP contribution in [0.15, 0.2) is 16.6 Å². The Balaban J connectivity index is 2.35. The molecule has 3 nitrogen and oxygen atoms in total. The fraction of sp³-hybridized carbons (Fsp3) is 0.385. The first-order valence-electron chi connectivity index (χ1n) is 5.66. The maximum atomic E-state index is 11.9. The minimum Gasteiger partial charge on any atom is -0.311 e. The lowest BCUT2D eigenvalue weighted by molar-refractivity contribution is -0.120. The molecular weight excluding hydrogens is 318 g/mol. The predicted octanol–water partition coefficient (Wildman–Crippen LogP) is 3.18. The van der Waals surface area contributed by atoms with Crippen molar-refractivity contribution in [3.05, 3.63) is 27.7 Å². The molecule has 1 aromatic carbocycles. The van der Waals surface area contributed by atoms with Gasteiger partial charge >= 0.3 is 0 Å². The molecule has 5 heteroatoms. The van der Waals surface area contributed by atoms with Crippen molar-refractivity contribution in [2.75, 3.05) is 11.4 Å². The summed E-state index contributed by atoms with van der Waals surface area (Å²) in [5, 5.41) is -0.433. The predicted molar refractivity (Wildman–Crippen MR) is 74.9 cm³/mol. The van der Waals surface area contributed by atoms with Crippen molar-refractivity contribution in [3.63, 3.8) is 0 Å². The monoisotopic (exact) mass is 329 g/mol. The topological polar surface area (TPSA) is 37.4 Å². The highest BCUT2D eigenvalue weighted by Crippen LogP contribution is 2.32. The molecule has 0 radical (unpaired) electrons. The third-order valence-corrected chi connectivity index (χ3v) is 4.38. The lowest BCUT2D eigenvalue weighted by Gasteiger charge is -2.20. The number of rotatable bonds is 2. The molecule has 0 bridgehead atoms. The van der Waals surface area contributed by atoms with Crippen molar-refractivity contribution in [3.8, 4) is 0 Å². The van der Waals surface area contributed by atoms with Gasteiger partial charge in [0.2, 0.25) is 11.1 Å². The molecular formula is C13H13BrClNO2. The molecule has 1 heterocycles. The first kappa shape index (κ1) is 13.6. The summed E-state index contributed by atoms with van der Waals surface area (Å²) in [5.41, 5.74) is 2.92. The van der Waals surface area contributed by atoms with Gasteiger partial charge in [-0.1, -0.05) is 15.9 Å². The van der Waals surface area contributed by atoms with Crippen LogP contribution in [0.3, 0.4) is 0 Å². The molecule has 1 fully saturated rings. The van der Waals surface area contributed by atoms with E-state index in [2.05, 4.69) is 15.9 Å². The number of benzene rings is 1. The molecule has 1 amide bonds. The second-order valence-electron chi connectivity index (χ2n) is 4.60. The van der Waals surface area contributed by atoms with Gasteiger partial charge in [0.1, 0.15) is 0 Å². The van der Waals surface area contributed by atoms with E-state index in [9.17, 15) is 9.59 Å². The number of anilines is 1. The standard InChI is InChI=1S/C13H13BrClNO2/c1-7-4-11(8(2)3-10(7)14)16-6-9(13(15)18)5-12(16)17/h3-4,9H,5-6H2,1-2H3/t9-/m1/s1. The third kappa shape index (κ3) is 2.45. The van der Waals surface area contributed by atoms with Gasteiger partial charge in [0, 0.05) is 23.1 Å². The van der Waals surface area contributed by atoms with Crippen molar-refractivity contribution in [2.45, 2.75) is 20.3 Å². The smallest absolute Gasteiger partial charge is 0.227 e. The van der Waals surface area contributed by atoms with E-state index >= 15 is 0 Å². The number of aryl methyl sites for hydroxylation is 2. The number of nitrogens with zero attached hydrogens (tertiary/aromatic N) is 1. The van der Waals surface area contributed by atoms with Crippen LogP contribution >= 0.6 is 27.5 Å². The lowest BCUT2D eigenvalue weighted by atomic mass is 10.1. The number of carbonyl (C=O) groups is 2. The highest BCUT2D eigenvalue weighted by atomic mass is 79.9. The van der Waals surface area contributed by atoms with E-state index < -0.39 is 5.24 Å². The van der Waals surface area contributed by atoms with E-state index in [-0.39, 0.29) is 18.2 Å². The van der Waals surface area contributed by atoms with Gasteiger partial charge in [-0.05, 0) is 48.7 Å². The molecule has 1 atom stereocenters. The zero-order valence-electron chi connectivity index (χ0n) is 10.2. The van der Waals surface area contributed by atoms with Crippen LogP contribution in [0.4, 0.5) is 5.69 Å². The number of amides is 1. The SMILES string of the molecule is Cc1cc(N2C[C@H](C(=O)Cl)CC2=O)c(C)cc1Br. The fourth-order valence-electron chi connectivity index (χ4n) is 2.15. The van der Waals surface area contributed by atoms with Crippen LogP contribution in [-0.2, 0) is 9.59 Å². The molecule has 0 aliphatic carbocycles. The molecule has 1 aliphatic heterocycles. The molecule has 0 saturated carbocycles. The Bertz CT molecular complexity index is 530. The van der Waals surface area contributed by atoms with E-state index in [1.165, 1.54) is 0 Å². The summed E-state index contributed by atoms with van der Waals surface area (Å²) >= 11 is 8.93. The van der Waals surface area contributed by atoms with E-state index in [4.69, 9.17) is 11.6 Å². The summed E-state index contributed by atoms with van der Waals surface area (Å²) in [6, 6.07) is 3.94. The number of carbonyl (C=O) groups excluding carboxylic acids is 2.